The topological polar surface area (TPSA) is 34.1 Å². The molecule has 0 saturated carbocycles. The van der Waals surface area contributed by atoms with E-state index in [2.05, 4.69) is 42.5 Å². The number of rotatable bonds is 0. The summed E-state index contributed by atoms with van der Waals surface area (Å²) in [5.74, 6) is 0. The van der Waals surface area contributed by atoms with Crippen LogP contribution in [0, 0.1) is 0 Å². The maximum absolute atomic E-state index is 13.5. The third-order valence-corrected chi connectivity index (χ3v) is 7.00. The minimum absolute atomic E-state index is 0.0493. The summed E-state index contributed by atoms with van der Waals surface area (Å²) in [6, 6.07) is 24.2. The van der Waals surface area contributed by atoms with Gasteiger partial charge in [0.1, 0.15) is 0 Å². The molecule has 0 radical (unpaired) electrons. The van der Waals surface area contributed by atoms with Crippen LogP contribution in [-0.2, 0) is 0 Å². The van der Waals surface area contributed by atoms with Crippen LogP contribution in [0.2, 0.25) is 0 Å². The van der Waals surface area contributed by atoms with E-state index in [-0.39, 0.29) is 10.9 Å². The molecule has 6 aromatic carbocycles. The van der Waals surface area contributed by atoms with Crippen LogP contribution in [0.15, 0.2) is 82.4 Å². The SMILES string of the molecule is O=c1cc2c(=O)c3cccc4c5cccc6cc7cccc8c(c1)c-2c(c34)c(c78)c65. The zero-order chi connectivity index (χ0) is 19.7. The Balaban J connectivity index is 1.99. The second-order valence-electron chi connectivity index (χ2n) is 8.38. The first-order chi connectivity index (χ1) is 14.7. The summed E-state index contributed by atoms with van der Waals surface area (Å²) in [5, 5.41) is 13.1. The van der Waals surface area contributed by atoms with Gasteiger partial charge in [0.25, 0.3) is 0 Å². The van der Waals surface area contributed by atoms with E-state index in [9.17, 15) is 9.59 Å². The lowest BCUT2D eigenvalue weighted by atomic mass is 9.78. The summed E-state index contributed by atoms with van der Waals surface area (Å²) in [6.45, 7) is 0. The number of fused-ring (bicyclic) bond motifs is 2. The highest BCUT2D eigenvalue weighted by atomic mass is 16.1. The van der Waals surface area contributed by atoms with Gasteiger partial charge in [-0.25, -0.2) is 0 Å². The molecular formula is C28H12O2. The lowest BCUT2D eigenvalue weighted by Crippen LogP contribution is -2.13. The van der Waals surface area contributed by atoms with Crippen LogP contribution in [0.4, 0.5) is 0 Å². The highest BCUT2D eigenvalue weighted by Gasteiger charge is 2.27. The van der Waals surface area contributed by atoms with Crippen LogP contribution in [0.25, 0.3) is 75.8 Å². The Morgan fingerprint density at radius 2 is 1.07 bits per heavy atom. The molecule has 0 atom stereocenters. The Hall–Kier alpha value is -4.04. The molecule has 0 bridgehead atoms. The van der Waals surface area contributed by atoms with Gasteiger partial charge >= 0.3 is 0 Å². The van der Waals surface area contributed by atoms with Crippen LogP contribution < -0.4 is 10.9 Å². The van der Waals surface area contributed by atoms with Gasteiger partial charge in [0.05, 0.1) is 0 Å². The van der Waals surface area contributed by atoms with Crippen molar-refractivity contribution >= 4 is 64.6 Å². The summed E-state index contributed by atoms with van der Waals surface area (Å²) in [5.41, 5.74) is 1.31. The first-order valence-electron chi connectivity index (χ1n) is 10.1. The van der Waals surface area contributed by atoms with Crippen LogP contribution in [0.3, 0.4) is 0 Å². The van der Waals surface area contributed by atoms with Crippen molar-refractivity contribution in [3.63, 3.8) is 0 Å². The Morgan fingerprint density at radius 3 is 1.80 bits per heavy atom. The molecule has 136 valence electrons. The van der Waals surface area contributed by atoms with Crippen molar-refractivity contribution in [3.05, 3.63) is 93.2 Å². The molecule has 2 heteroatoms. The third kappa shape index (κ3) is 1.43. The Bertz CT molecular complexity index is 2030. The Morgan fingerprint density at radius 1 is 0.467 bits per heavy atom. The first kappa shape index (κ1) is 14.9. The predicted octanol–water partition coefficient (Wildman–Crippen LogP) is 6.18. The number of hydrogen-bond donors (Lipinski definition) is 0. The van der Waals surface area contributed by atoms with Crippen LogP contribution in [0.5, 0.6) is 0 Å². The molecule has 0 saturated heterocycles. The van der Waals surface area contributed by atoms with Crippen molar-refractivity contribution in [1.29, 1.82) is 0 Å². The van der Waals surface area contributed by atoms with Gasteiger partial charge in [-0.05, 0) is 66.7 Å². The maximum Gasteiger partial charge on any atom is 0.194 e. The molecule has 0 unspecified atom stereocenters. The normalized spacial score (nSPS) is 12.9. The molecular weight excluding hydrogens is 368 g/mol. The molecule has 2 nitrogen and oxygen atoms in total. The smallest absolute Gasteiger partial charge is 0.194 e. The van der Waals surface area contributed by atoms with Crippen molar-refractivity contribution in [2.75, 3.05) is 0 Å². The molecule has 0 fully saturated rings. The molecule has 2 aliphatic carbocycles. The van der Waals surface area contributed by atoms with E-state index < -0.39 is 0 Å². The molecule has 0 heterocycles. The fourth-order valence-corrected chi connectivity index (χ4v) is 5.96. The number of benzene rings is 8. The van der Waals surface area contributed by atoms with Gasteiger partial charge in [-0.3, -0.25) is 9.59 Å². The molecule has 30 heavy (non-hydrogen) atoms. The van der Waals surface area contributed by atoms with Crippen molar-refractivity contribution < 1.29 is 0 Å². The standard InChI is InChI=1S/C28H12O2/c29-15-11-20-18-7-2-5-14-10-13-4-1-6-16-17-8-3-9-19-24(17)27(26(22(13)16)23(14)18)25(20)21(12-15)28(19)30/h1-12H. The van der Waals surface area contributed by atoms with E-state index in [4.69, 9.17) is 0 Å². The monoisotopic (exact) mass is 380 g/mol. The maximum atomic E-state index is 13.5. The van der Waals surface area contributed by atoms with Crippen LogP contribution >= 0.6 is 0 Å². The van der Waals surface area contributed by atoms with Gasteiger partial charge in [-0.1, -0.05) is 54.6 Å². The second-order valence-corrected chi connectivity index (χ2v) is 8.38. The van der Waals surface area contributed by atoms with Gasteiger partial charge in [-0.2, -0.15) is 0 Å². The predicted molar refractivity (Wildman–Crippen MR) is 125 cm³/mol. The van der Waals surface area contributed by atoms with E-state index >= 15 is 0 Å². The Kier molecular flexibility index (Phi) is 2.27. The van der Waals surface area contributed by atoms with E-state index in [1.54, 1.807) is 6.07 Å². The van der Waals surface area contributed by atoms with Crippen molar-refractivity contribution in [1.82, 2.24) is 0 Å². The first-order valence-corrected chi connectivity index (χ1v) is 10.1. The van der Waals surface area contributed by atoms with Gasteiger partial charge < -0.3 is 0 Å². The lowest BCUT2D eigenvalue weighted by molar-refractivity contribution is 1.57. The fraction of sp³-hybridized carbons (Fsp3) is 0. The zero-order valence-electron chi connectivity index (χ0n) is 15.7. The molecule has 2 aliphatic rings. The van der Waals surface area contributed by atoms with Gasteiger partial charge in [0.15, 0.2) is 10.9 Å². The average Bonchev–Trinajstić information content (AvgIpc) is 2.77. The van der Waals surface area contributed by atoms with E-state index in [0.717, 1.165) is 32.5 Å². The van der Waals surface area contributed by atoms with E-state index in [0.29, 0.717) is 10.9 Å². The second kappa shape index (κ2) is 4.58. The van der Waals surface area contributed by atoms with Crippen molar-refractivity contribution in [3.8, 4) is 11.1 Å². The highest BCUT2D eigenvalue weighted by molar-refractivity contribution is 6.45. The fourth-order valence-electron chi connectivity index (χ4n) is 5.96. The minimum atomic E-state index is -0.116. The highest BCUT2D eigenvalue weighted by Crippen LogP contribution is 2.51. The van der Waals surface area contributed by atoms with Gasteiger partial charge in [0, 0.05) is 27.3 Å². The third-order valence-electron chi connectivity index (χ3n) is 7.00. The quantitative estimate of drug-likeness (QED) is 0.232. The molecule has 0 aliphatic heterocycles. The van der Waals surface area contributed by atoms with Crippen molar-refractivity contribution in [2.24, 2.45) is 0 Å². The molecule has 8 rings (SSSR count). The van der Waals surface area contributed by atoms with Gasteiger partial charge in [0.2, 0.25) is 0 Å². The summed E-state index contributed by atoms with van der Waals surface area (Å²) in [7, 11) is 0. The zero-order valence-corrected chi connectivity index (χ0v) is 15.7. The molecule has 0 aromatic heterocycles. The van der Waals surface area contributed by atoms with Crippen LogP contribution in [0.1, 0.15) is 0 Å². The number of hydrogen-bond acceptors (Lipinski definition) is 2. The Labute approximate surface area is 169 Å². The van der Waals surface area contributed by atoms with E-state index in [1.165, 1.54) is 38.4 Å². The largest absolute Gasteiger partial charge is 0.290 e. The summed E-state index contributed by atoms with van der Waals surface area (Å²) in [4.78, 5) is 26.1. The van der Waals surface area contributed by atoms with Crippen molar-refractivity contribution in [2.45, 2.75) is 0 Å². The summed E-state index contributed by atoms with van der Waals surface area (Å²) >= 11 is 0. The average molecular weight is 380 g/mol. The summed E-state index contributed by atoms with van der Waals surface area (Å²) in [6.07, 6.45) is 0. The molecule has 0 amide bonds. The van der Waals surface area contributed by atoms with Gasteiger partial charge in [-0.15, -0.1) is 0 Å². The molecule has 0 N–H and O–H groups in total. The van der Waals surface area contributed by atoms with E-state index in [1.807, 2.05) is 18.2 Å². The summed E-state index contributed by atoms with van der Waals surface area (Å²) < 4.78 is 0. The minimum Gasteiger partial charge on any atom is -0.290 e. The lowest BCUT2D eigenvalue weighted by Gasteiger charge is -2.23. The molecule has 0 spiro atoms. The van der Waals surface area contributed by atoms with Crippen LogP contribution in [-0.4, -0.2) is 0 Å². The molecule has 6 aromatic rings.